The van der Waals surface area contributed by atoms with E-state index in [4.69, 9.17) is 10.5 Å². The van der Waals surface area contributed by atoms with Crippen molar-refractivity contribution in [3.8, 4) is 5.75 Å². The highest BCUT2D eigenvalue weighted by Crippen LogP contribution is 2.26. The summed E-state index contributed by atoms with van der Waals surface area (Å²) in [5, 5.41) is 0. The van der Waals surface area contributed by atoms with Crippen LogP contribution in [0.25, 0.3) is 0 Å². The lowest BCUT2D eigenvalue weighted by atomic mass is 10.0. The van der Waals surface area contributed by atoms with Crippen LogP contribution in [0.4, 0.5) is 10.1 Å². The van der Waals surface area contributed by atoms with Crippen LogP contribution in [-0.4, -0.2) is 0 Å². The lowest BCUT2D eigenvalue weighted by Gasteiger charge is -2.13. The van der Waals surface area contributed by atoms with Gasteiger partial charge in [-0.1, -0.05) is 24.3 Å². The molecule has 2 aromatic rings. The summed E-state index contributed by atoms with van der Waals surface area (Å²) in [5.74, 6) is -0.304. The SMILES string of the molecule is Cc1cccc(C)c1COc1c(N)cccc1F. The van der Waals surface area contributed by atoms with Crippen molar-refractivity contribution in [1.29, 1.82) is 0 Å². The van der Waals surface area contributed by atoms with Gasteiger partial charge in [0.05, 0.1) is 5.69 Å². The first-order chi connectivity index (χ1) is 8.59. The molecule has 0 aliphatic heterocycles. The van der Waals surface area contributed by atoms with Gasteiger partial charge in [-0.15, -0.1) is 0 Å². The molecule has 0 saturated heterocycles. The van der Waals surface area contributed by atoms with Gasteiger partial charge >= 0.3 is 0 Å². The van der Waals surface area contributed by atoms with E-state index >= 15 is 0 Å². The number of anilines is 1. The molecule has 0 aliphatic carbocycles. The first-order valence-electron chi connectivity index (χ1n) is 5.81. The smallest absolute Gasteiger partial charge is 0.178 e. The largest absolute Gasteiger partial charge is 0.484 e. The van der Waals surface area contributed by atoms with Crippen molar-refractivity contribution >= 4 is 5.69 Å². The number of ether oxygens (including phenoxy) is 1. The van der Waals surface area contributed by atoms with Crippen molar-refractivity contribution in [2.24, 2.45) is 0 Å². The molecular formula is C15H16FNO. The van der Waals surface area contributed by atoms with Crippen molar-refractivity contribution < 1.29 is 9.13 Å². The molecule has 2 N–H and O–H groups in total. The van der Waals surface area contributed by atoms with Crippen LogP contribution in [-0.2, 0) is 6.61 Å². The quantitative estimate of drug-likeness (QED) is 0.838. The van der Waals surface area contributed by atoms with Gasteiger partial charge in [-0.25, -0.2) is 4.39 Å². The van der Waals surface area contributed by atoms with Gasteiger partial charge in [-0.05, 0) is 42.7 Å². The van der Waals surface area contributed by atoms with Crippen LogP contribution < -0.4 is 10.5 Å². The van der Waals surface area contributed by atoms with Crippen LogP contribution in [0.2, 0.25) is 0 Å². The van der Waals surface area contributed by atoms with Gasteiger partial charge in [-0.2, -0.15) is 0 Å². The van der Waals surface area contributed by atoms with Crippen LogP contribution >= 0.6 is 0 Å². The number of benzene rings is 2. The van der Waals surface area contributed by atoms with Crippen molar-refractivity contribution in [2.45, 2.75) is 20.5 Å². The minimum absolute atomic E-state index is 0.125. The second-order valence-corrected chi connectivity index (χ2v) is 4.32. The Labute approximate surface area is 106 Å². The fraction of sp³-hybridized carbons (Fsp3) is 0.200. The van der Waals surface area contributed by atoms with E-state index < -0.39 is 5.82 Å². The molecule has 18 heavy (non-hydrogen) atoms. The molecule has 0 spiro atoms. The van der Waals surface area contributed by atoms with E-state index in [2.05, 4.69) is 0 Å². The highest BCUT2D eigenvalue weighted by Gasteiger charge is 2.09. The molecule has 0 radical (unpaired) electrons. The molecule has 0 aliphatic rings. The minimum atomic E-state index is -0.429. The molecule has 2 aromatic carbocycles. The maximum absolute atomic E-state index is 13.5. The maximum atomic E-state index is 13.5. The third kappa shape index (κ3) is 2.45. The Morgan fingerprint density at radius 2 is 1.67 bits per heavy atom. The highest BCUT2D eigenvalue weighted by molar-refractivity contribution is 5.53. The van der Waals surface area contributed by atoms with E-state index in [-0.39, 0.29) is 5.75 Å². The Bertz CT molecular complexity index is 474. The van der Waals surface area contributed by atoms with Crippen LogP contribution in [0.15, 0.2) is 36.4 Å². The summed E-state index contributed by atoms with van der Waals surface area (Å²) in [7, 11) is 0. The normalized spacial score (nSPS) is 10.4. The first kappa shape index (κ1) is 12.4. The molecule has 0 aromatic heterocycles. The minimum Gasteiger partial charge on any atom is -0.484 e. The molecule has 0 heterocycles. The standard InChI is InChI=1S/C15H16FNO/c1-10-5-3-6-11(2)12(10)9-18-15-13(16)7-4-8-14(15)17/h3-8H,9,17H2,1-2H3. The predicted molar refractivity (Wildman–Crippen MR) is 71.1 cm³/mol. The summed E-state index contributed by atoms with van der Waals surface area (Å²) in [4.78, 5) is 0. The van der Waals surface area contributed by atoms with E-state index in [1.807, 2.05) is 32.0 Å². The summed E-state index contributed by atoms with van der Waals surface area (Å²) in [5.41, 5.74) is 9.35. The van der Waals surface area contributed by atoms with Gasteiger partial charge in [-0.3, -0.25) is 0 Å². The van der Waals surface area contributed by atoms with Crippen molar-refractivity contribution in [1.82, 2.24) is 0 Å². The summed E-state index contributed by atoms with van der Waals surface area (Å²) >= 11 is 0. The zero-order valence-electron chi connectivity index (χ0n) is 10.5. The molecular weight excluding hydrogens is 229 g/mol. The van der Waals surface area contributed by atoms with Gasteiger partial charge < -0.3 is 10.5 Å². The van der Waals surface area contributed by atoms with Gasteiger partial charge in [0.2, 0.25) is 0 Å². The third-order valence-electron chi connectivity index (χ3n) is 3.00. The Balaban J connectivity index is 2.22. The van der Waals surface area contributed by atoms with Gasteiger partial charge in [0.15, 0.2) is 11.6 Å². The van der Waals surface area contributed by atoms with Crippen molar-refractivity contribution in [2.75, 3.05) is 5.73 Å². The number of nitrogen functional groups attached to an aromatic ring is 1. The van der Waals surface area contributed by atoms with E-state index in [0.717, 1.165) is 16.7 Å². The predicted octanol–water partition coefficient (Wildman–Crippen LogP) is 3.60. The number of nitrogens with two attached hydrogens (primary N) is 1. The third-order valence-corrected chi connectivity index (χ3v) is 3.00. The molecule has 0 saturated carbocycles. The fourth-order valence-electron chi connectivity index (χ4n) is 1.90. The van der Waals surface area contributed by atoms with Gasteiger partial charge in [0.25, 0.3) is 0 Å². The van der Waals surface area contributed by atoms with E-state index in [0.29, 0.717) is 12.3 Å². The number of para-hydroxylation sites is 1. The van der Waals surface area contributed by atoms with Crippen molar-refractivity contribution in [3.05, 3.63) is 58.9 Å². The van der Waals surface area contributed by atoms with Crippen LogP contribution in [0.5, 0.6) is 5.75 Å². The zero-order valence-corrected chi connectivity index (χ0v) is 10.5. The van der Waals surface area contributed by atoms with Crippen LogP contribution in [0.1, 0.15) is 16.7 Å². The molecule has 2 nitrogen and oxygen atoms in total. The molecule has 0 fully saturated rings. The molecule has 0 bridgehead atoms. The molecule has 2 rings (SSSR count). The summed E-state index contributed by atoms with van der Waals surface area (Å²) in [6.07, 6.45) is 0. The molecule has 0 unspecified atom stereocenters. The Hall–Kier alpha value is -2.03. The number of hydrogen-bond donors (Lipinski definition) is 1. The summed E-state index contributed by atoms with van der Waals surface area (Å²) in [6, 6.07) is 10.6. The number of aryl methyl sites for hydroxylation is 2. The maximum Gasteiger partial charge on any atom is 0.178 e. The second kappa shape index (κ2) is 5.08. The molecule has 0 atom stereocenters. The van der Waals surface area contributed by atoms with Gasteiger partial charge in [0.1, 0.15) is 6.61 Å². The average molecular weight is 245 g/mol. The molecule has 0 amide bonds. The van der Waals surface area contributed by atoms with E-state index in [9.17, 15) is 4.39 Å². The monoisotopic (exact) mass is 245 g/mol. The zero-order chi connectivity index (χ0) is 13.1. The number of halogens is 1. The van der Waals surface area contributed by atoms with E-state index in [1.54, 1.807) is 12.1 Å². The second-order valence-electron chi connectivity index (χ2n) is 4.32. The van der Waals surface area contributed by atoms with Crippen LogP contribution in [0, 0.1) is 19.7 Å². The lowest BCUT2D eigenvalue weighted by Crippen LogP contribution is -2.03. The van der Waals surface area contributed by atoms with Gasteiger partial charge in [0, 0.05) is 0 Å². The van der Waals surface area contributed by atoms with Crippen LogP contribution in [0.3, 0.4) is 0 Å². The van der Waals surface area contributed by atoms with E-state index in [1.165, 1.54) is 6.07 Å². The summed E-state index contributed by atoms with van der Waals surface area (Å²) < 4.78 is 19.1. The number of hydrogen-bond acceptors (Lipinski definition) is 2. The topological polar surface area (TPSA) is 35.2 Å². The summed E-state index contributed by atoms with van der Waals surface area (Å²) in [6.45, 7) is 4.34. The Morgan fingerprint density at radius 1 is 1.06 bits per heavy atom. The molecule has 94 valence electrons. The number of rotatable bonds is 3. The Kier molecular flexibility index (Phi) is 3.51. The first-order valence-corrected chi connectivity index (χ1v) is 5.81. The lowest BCUT2D eigenvalue weighted by molar-refractivity contribution is 0.291. The average Bonchev–Trinajstić information content (AvgIpc) is 2.31. The van der Waals surface area contributed by atoms with Crippen molar-refractivity contribution in [3.63, 3.8) is 0 Å². The fourth-order valence-corrected chi connectivity index (χ4v) is 1.90. The highest BCUT2D eigenvalue weighted by atomic mass is 19.1. The Morgan fingerprint density at radius 3 is 2.28 bits per heavy atom. The molecule has 3 heteroatoms.